The summed E-state index contributed by atoms with van der Waals surface area (Å²) in [5.74, 6) is 2.24. The molecule has 8 heteroatoms. The van der Waals surface area contributed by atoms with E-state index in [1.807, 2.05) is 24.5 Å². The first-order chi connectivity index (χ1) is 17.5. The van der Waals surface area contributed by atoms with Crippen molar-refractivity contribution in [2.75, 3.05) is 33.4 Å². The zero-order valence-corrected chi connectivity index (χ0v) is 21.2. The van der Waals surface area contributed by atoms with Gasteiger partial charge >= 0.3 is 0 Å². The van der Waals surface area contributed by atoms with Crippen molar-refractivity contribution in [2.45, 2.75) is 51.3 Å². The molecule has 2 aromatic carbocycles. The minimum absolute atomic E-state index is 0.0838. The van der Waals surface area contributed by atoms with Gasteiger partial charge in [-0.05, 0) is 55.6 Å². The van der Waals surface area contributed by atoms with Gasteiger partial charge in [0.2, 0.25) is 0 Å². The Morgan fingerprint density at radius 1 is 1.06 bits per heavy atom. The molecule has 7 nitrogen and oxygen atoms in total. The fourth-order valence-corrected chi connectivity index (χ4v) is 4.61. The molecular weight excluding hydrogens is 461 g/mol. The Bertz CT molecular complexity index is 1120. The fraction of sp³-hybridized carbons (Fsp3) is 0.464. The van der Waals surface area contributed by atoms with E-state index in [4.69, 9.17) is 14.2 Å². The standard InChI is InChI=1S/C28H36FN3O4/c1-3-27-30-13-16-32(27)17-18-35-25-10-9-22(19-26(25)34-2)20-31-14-6-11-28(33,12-15-31)21-36-24-8-5-4-7-23(24)29/h4-5,7-10,13,16,19,33H,3,6,11-12,14-15,17-18,20-21H2,1-2H3. The Hall–Kier alpha value is -3.10. The smallest absolute Gasteiger partial charge is 0.165 e. The predicted octanol–water partition coefficient (Wildman–Crippen LogP) is 4.47. The highest BCUT2D eigenvalue weighted by Crippen LogP contribution is 2.30. The van der Waals surface area contributed by atoms with Crippen LogP contribution in [0.15, 0.2) is 54.9 Å². The number of aromatic nitrogens is 2. The summed E-state index contributed by atoms with van der Waals surface area (Å²) in [5, 5.41) is 11.1. The van der Waals surface area contributed by atoms with Crippen LogP contribution in [-0.4, -0.2) is 58.6 Å². The van der Waals surface area contributed by atoms with E-state index < -0.39 is 11.4 Å². The third-order valence-corrected chi connectivity index (χ3v) is 6.68. The highest BCUT2D eigenvalue weighted by atomic mass is 19.1. The van der Waals surface area contributed by atoms with Gasteiger partial charge in [-0.2, -0.15) is 0 Å². The Labute approximate surface area is 212 Å². The highest BCUT2D eigenvalue weighted by Gasteiger charge is 2.31. The Morgan fingerprint density at radius 2 is 1.92 bits per heavy atom. The van der Waals surface area contributed by atoms with Gasteiger partial charge in [-0.15, -0.1) is 0 Å². The predicted molar refractivity (Wildman–Crippen MR) is 136 cm³/mol. The maximum atomic E-state index is 13.9. The second-order valence-electron chi connectivity index (χ2n) is 9.30. The van der Waals surface area contributed by atoms with Crippen LogP contribution in [0.5, 0.6) is 17.2 Å². The van der Waals surface area contributed by atoms with Gasteiger partial charge in [0.1, 0.15) is 19.0 Å². The van der Waals surface area contributed by atoms with E-state index in [1.165, 1.54) is 6.07 Å². The van der Waals surface area contributed by atoms with Crippen LogP contribution in [0, 0.1) is 5.82 Å². The zero-order valence-electron chi connectivity index (χ0n) is 21.2. The second kappa shape index (κ2) is 12.2. The molecule has 1 aliphatic rings. The van der Waals surface area contributed by atoms with Gasteiger partial charge in [0.25, 0.3) is 0 Å². The van der Waals surface area contributed by atoms with Crippen LogP contribution < -0.4 is 14.2 Å². The zero-order chi connectivity index (χ0) is 25.4. The number of ether oxygens (including phenoxy) is 3. The van der Waals surface area contributed by atoms with E-state index in [1.54, 1.807) is 25.3 Å². The van der Waals surface area contributed by atoms with Crippen LogP contribution in [0.25, 0.3) is 0 Å². The summed E-state index contributed by atoms with van der Waals surface area (Å²) in [6, 6.07) is 12.3. The number of hydrogen-bond donors (Lipinski definition) is 1. The third-order valence-electron chi connectivity index (χ3n) is 6.68. The monoisotopic (exact) mass is 497 g/mol. The molecule has 4 rings (SSSR count). The van der Waals surface area contributed by atoms with Gasteiger partial charge in [-0.25, -0.2) is 9.37 Å². The lowest BCUT2D eigenvalue weighted by atomic mass is 9.96. The summed E-state index contributed by atoms with van der Waals surface area (Å²) >= 11 is 0. The number of likely N-dealkylation sites (tertiary alicyclic amines) is 1. The molecule has 194 valence electrons. The van der Waals surface area contributed by atoms with Crippen molar-refractivity contribution in [2.24, 2.45) is 0 Å². The molecule has 1 fully saturated rings. The molecule has 1 unspecified atom stereocenters. The normalized spacial score (nSPS) is 18.6. The molecule has 36 heavy (non-hydrogen) atoms. The SMILES string of the molecule is CCc1nccn1CCOc1ccc(CN2CCCC(O)(COc3ccccc3F)CC2)cc1OC. The number of halogens is 1. The topological polar surface area (TPSA) is 69.0 Å². The number of benzene rings is 2. The van der Waals surface area contributed by atoms with E-state index in [0.717, 1.165) is 56.2 Å². The summed E-state index contributed by atoms with van der Waals surface area (Å²) in [7, 11) is 1.65. The molecule has 0 amide bonds. The Morgan fingerprint density at radius 3 is 2.72 bits per heavy atom. The first-order valence-electron chi connectivity index (χ1n) is 12.6. The van der Waals surface area contributed by atoms with Crippen molar-refractivity contribution in [1.82, 2.24) is 14.5 Å². The van der Waals surface area contributed by atoms with Gasteiger partial charge in [0.15, 0.2) is 23.1 Å². The molecule has 1 aromatic heterocycles. The summed E-state index contributed by atoms with van der Waals surface area (Å²) in [6.07, 6.45) is 6.68. The van der Waals surface area contributed by atoms with Crippen LogP contribution >= 0.6 is 0 Å². The number of rotatable bonds is 11. The molecule has 3 aromatic rings. The molecular formula is C28H36FN3O4. The number of imidazole rings is 1. The lowest BCUT2D eigenvalue weighted by molar-refractivity contribution is -0.0177. The lowest BCUT2D eigenvalue weighted by Crippen LogP contribution is -2.37. The highest BCUT2D eigenvalue weighted by molar-refractivity contribution is 5.43. The summed E-state index contributed by atoms with van der Waals surface area (Å²) in [5.41, 5.74) is 0.148. The molecule has 0 saturated carbocycles. The van der Waals surface area contributed by atoms with Gasteiger partial charge in [-0.3, -0.25) is 4.90 Å². The second-order valence-corrected chi connectivity index (χ2v) is 9.30. The van der Waals surface area contributed by atoms with E-state index >= 15 is 0 Å². The molecule has 0 bridgehead atoms. The van der Waals surface area contributed by atoms with Gasteiger partial charge < -0.3 is 23.9 Å². The van der Waals surface area contributed by atoms with Gasteiger partial charge in [0.05, 0.1) is 19.3 Å². The van der Waals surface area contributed by atoms with E-state index in [-0.39, 0.29) is 12.4 Å². The summed E-state index contributed by atoms with van der Waals surface area (Å²) in [6.45, 7) is 5.77. The molecule has 1 atom stereocenters. The fourth-order valence-electron chi connectivity index (χ4n) is 4.61. The van der Waals surface area contributed by atoms with Crippen LogP contribution in [0.1, 0.15) is 37.6 Å². The van der Waals surface area contributed by atoms with Crippen molar-refractivity contribution in [3.63, 3.8) is 0 Å². The number of aryl methyl sites for hydroxylation is 1. The van der Waals surface area contributed by atoms with Crippen molar-refractivity contribution in [1.29, 1.82) is 0 Å². The number of hydrogen-bond acceptors (Lipinski definition) is 6. The average molecular weight is 498 g/mol. The average Bonchev–Trinajstić information content (AvgIpc) is 3.26. The van der Waals surface area contributed by atoms with Gasteiger partial charge in [0, 0.05) is 31.9 Å². The minimum Gasteiger partial charge on any atom is -0.493 e. The third kappa shape index (κ3) is 6.77. The molecule has 1 aliphatic heterocycles. The number of aliphatic hydroxyl groups is 1. The van der Waals surface area contributed by atoms with Crippen molar-refractivity contribution < 1.29 is 23.7 Å². The Kier molecular flexibility index (Phi) is 8.83. The molecule has 0 aliphatic carbocycles. The Balaban J connectivity index is 1.29. The first kappa shape index (κ1) is 26.0. The van der Waals surface area contributed by atoms with Crippen LogP contribution in [0.3, 0.4) is 0 Å². The first-order valence-corrected chi connectivity index (χ1v) is 12.6. The van der Waals surface area contributed by atoms with Gasteiger partial charge in [-0.1, -0.05) is 25.1 Å². The summed E-state index contributed by atoms with van der Waals surface area (Å²) in [4.78, 5) is 6.67. The number of para-hydroxylation sites is 1. The molecule has 2 heterocycles. The molecule has 0 spiro atoms. The molecule has 1 N–H and O–H groups in total. The van der Waals surface area contributed by atoms with Crippen LogP contribution in [-0.2, 0) is 19.5 Å². The van der Waals surface area contributed by atoms with E-state index in [2.05, 4.69) is 27.4 Å². The van der Waals surface area contributed by atoms with Crippen LogP contribution in [0.4, 0.5) is 4.39 Å². The van der Waals surface area contributed by atoms with E-state index in [0.29, 0.717) is 25.2 Å². The lowest BCUT2D eigenvalue weighted by Gasteiger charge is -2.27. The summed E-state index contributed by atoms with van der Waals surface area (Å²) < 4.78 is 33.2. The number of nitrogens with zero attached hydrogens (tertiary/aromatic N) is 3. The maximum Gasteiger partial charge on any atom is 0.165 e. The van der Waals surface area contributed by atoms with E-state index in [9.17, 15) is 9.50 Å². The van der Waals surface area contributed by atoms with Crippen molar-refractivity contribution in [3.05, 3.63) is 72.1 Å². The molecule has 1 saturated heterocycles. The largest absolute Gasteiger partial charge is 0.493 e. The quantitative estimate of drug-likeness (QED) is 0.422. The minimum atomic E-state index is -0.973. The molecule has 0 radical (unpaired) electrons. The maximum absolute atomic E-state index is 13.9. The van der Waals surface area contributed by atoms with Crippen LogP contribution in [0.2, 0.25) is 0 Å². The van der Waals surface area contributed by atoms with Crippen molar-refractivity contribution >= 4 is 0 Å². The van der Waals surface area contributed by atoms with Crippen molar-refractivity contribution in [3.8, 4) is 17.2 Å². The number of methoxy groups -OCH3 is 1.